The molecule has 92 valence electrons. The van der Waals surface area contributed by atoms with Crippen molar-refractivity contribution in [3.05, 3.63) is 0 Å². The zero-order valence-electron chi connectivity index (χ0n) is 10.2. The van der Waals surface area contributed by atoms with Crippen molar-refractivity contribution in [1.82, 2.24) is 15.1 Å². The van der Waals surface area contributed by atoms with Crippen LogP contribution in [0.4, 0.5) is 4.79 Å². The van der Waals surface area contributed by atoms with Crippen LogP contribution in [-0.4, -0.2) is 55.1 Å². The van der Waals surface area contributed by atoms with E-state index in [1.165, 1.54) is 12.8 Å². The molecule has 0 unspecified atom stereocenters. The van der Waals surface area contributed by atoms with Gasteiger partial charge in [0.05, 0.1) is 0 Å². The maximum absolute atomic E-state index is 12.3. The number of piperazine rings is 1. The zero-order chi connectivity index (χ0) is 11.4. The lowest BCUT2D eigenvalue weighted by molar-refractivity contribution is 0.144. The van der Waals surface area contributed by atoms with Crippen LogP contribution < -0.4 is 5.32 Å². The number of nitrogens with one attached hydrogen (secondary N) is 1. The first-order chi connectivity index (χ1) is 7.81. The van der Waals surface area contributed by atoms with Crippen molar-refractivity contribution < 1.29 is 4.79 Å². The number of hydrogen-bond donors (Lipinski definition) is 1. The molecule has 0 aromatic rings. The number of urea groups is 1. The summed E-state index contributed by atoms with van der Waals surface area (Å²) in [6.45, 7) is 7.65. The molecule has 1 heterocycles. The van der Waals surface area contributed by atoms with E-state index >= 15 is 0 Å². The molecule has 1 aliphatic heterocycles. The van der Waals surface area contributed by atoms with Gasteiger partial charge in [0.15, 0.2) is 0 Å². The summed E-state index contributed by atoms with van der Waals surface area (Å²) >= 11 is 0. The fourth-order valence-electron chi connectivity index (χ4n) is 2.20. The molecule has 1 N–H and O–H groups in total. The first-order valence-corrected chi connectivity index (χ1v) is 6.56. The second-order valence-corrected chi connectivity index (χ2v) is 4.91. The second kappa shape index (κ2) is 5.53. The van der Waals surface area contributed by atoms with Gasteiger partial charge in [-0.3, -0.25) is 0 Å². The standard InChI is InChI=1S/C12H23N3O/c1-2-7-15(10-11-3-4-11)12(16)14-8-5-13-6-9-14/h11,13H,2-10H2,1H3. The van der Waals surface area contributed by atoms with E-state index in [4.69, 9.17) is 0 Å². The van der Waals surface area contributed by atoms with Gasteiger partial charge in [-0.25, -0.2) is 4.79 Å². The van der Waals surface area contributed by atoms with E-state index in [0.717, 1.165) is 51.6 Å². The molecule has 16 heavy (non-hydrogen) atoms. The Bertz CT molecular complexity index is 234. The minimum Gasteiger partial charge on any atom is -0.324 e. The number of rotatable bonds is 4. The number of carbonyl (C=O) groups excluding carboxylic acids is 1. The van der Waals surface area contributed by atoms with E-state index in [9.17, 15) is 4.79 Å². The molecule has 0 aromatic heterocycles. The maximum Gasteiger partial charge on any atom is 0.320 e. The summed E-state index contributed by atoms with van der Waals surface area (Å²) in [4.78, 5) is 16.3. The summed E-state index contributed by atoms with van der Waals surface area (Å²) in [6.07, 6.45) is 3.69. The molecule has 4 nitrogen and oxygen atoms in total. The van der Waals surface area contributed by atoms with Gasteiger partial charge in [0.1, 0.15) is 0 Å². The van der Waals surface area contributed by atoms with Crippen LogP contribution in [0.5, 0.6) is 0 Å². The fraction of sp³-hybridized carbons (Fsp3) is 0.917. The van der Waals surface area contributed by atoms with E-state index in [-0.39, 0.29) is 6.03 Å². The van der Waals surface area contributed by atoms with Crippen molar-refractivity contribution >= 4 is 6.03 Å². The predicted molar refractivity (Wildman–Crippen MR) is 64.4 cm³/mol. The molecule has 1 saturated carbocycles. The summed E-state index contributed by atoms with van der Waals surface area (Å²) in [7, 11) is 0. The number of carbonyl (C=O) groups is 1. The topological polar surface area (TPSA) is 35.6 Å². The van der Waals surface area contributed by atoms with E-state index in [0.29, 0.717) is 0 Å². The molecule has 0 spiro atoms. The van der Waals surface area contributed by atoms with Gasteiger partial charge in [-0.1, -0.05) is 6.92 Å². The van der Waals surface area contributed by atoms with E-state index < -0.39 is 0 Å². The lowest BCUT2D eigenvalue weighted by Gasteiger charge is -2.33. The van der Waals surface area contributed by atoms with Crippen LogP contribution in [0.15, 0.2) is 0 Å². The average molecular weight is 225 g/mol. The van der Waals surface area contributed by atoms with Gasteiger partial charge in [-0.15, -0.1) is 0 Å². The van der Waals surface area contributed by atoms with Crippen LogP contribution in [0.25, 0.3) is 0 Å². The molecule has 4 heteroatoms. The Morgan fingerprint density at radius 2 is 2.06 bits per heavy atom. The largest absolute Gasteiger partial charge is 0.324 e. The van der Waals surface area contributed by atoms with Crippen molar-refractivity contribution in [3.63, 3.8) is 0 Å². The summed E-state index contributed by atoms with van der Waals surface area (Å²) in [5.41, 5.74) is 0. The van der Waals surface area contributed by atoms with Gasteiger partial charge in [0.2, 0.25) is 0 Å². The highest BCUT2D eigenvalue weighted by molar-refractivity contribution is 5.74. The van der Waals surface area contributed by atoms with Crippen LogP contribution >= 0.6 is 0 Å². The average Bonchev–Trinajstić information content (AvgIpc) is 3.13. The molecule has 1 saturated heterocycles. The summed E-state index contributed by atoms with van der Waals surface area (Å²) in [5, 5.41) is 3.28. The third-order valence-corrected chi connectivity index (χ3v) is 3.33. The first-order valence-electron chi connectivity index (χ1n) is 6.56. The molecule has 2 fully saturated rings. The zero-order valence-corrected chi connectivity index (χ0v) is 10.2. The summed E-state index contributed by atoms with van der Waals surface area (Å²) in [6, 6.07) is 0.259. The number of nitrogens with zero attached hydrogens (tertiary/aromatic N) is 2. The third-order valence-electron chi connectivity index (χ3n) is 3.33. The van der Waals surface area contributed by atoms with Gasteiger partial charge in [-0.05, 0) is 25.2 Å². The SMILES string of the molecule is CCCN(CC1CC1)C(=O)N1CCNCC1. The van der Waals surface area contributed by atoms with Crippen molar-refractivity contribution in [2.24, 2.45) is 5.92 Å². The Kier molecular flexibility index (Phi) is 4.04. The highest BCUT2D eigenvalue weighted by atomic mass is 16.2. The Morgan fingerprint density at radius 3 is 2.62 bits per heavy atom. The van der Waals surface area contributed by atoms with Crippen LogP contribution in [0.1, 0.15) is 26.2 Å². The number of amides is 2. The lowest BCUT2D eigenvalue weighted by atomic mass is 10.3. The minimum atomic E-state index is 0.259. The molecule has 2 amide bonds. The Balaban J connectivity index is 1.86. The molecule has 2 rings (SSSR count). The predicted octanol–water partition coefficient (Wildman–Crippen LogP) is 1.13. The molecule has 0 radical (unpaired) electrons. The molecule has 1 aliphatic carbocycles. The normalized spacial score (nSPS) is 20.9. The van der Waals surface area contributed by atoms with Crippen LogP contribution in [0.2, 0.25) is 0 Å². The first kappa shape index (κ1) is 11.7. The second-order valence-electron chi connectivity index (χ2n) is 4.91. The van der Waals surface area contributed by atoms with Gasteiger partial charge in [0.25, 0.3) is 0 Å². The van der Waals surface area contributed by atoms with Crippen LogP contribution in [0, 0.1) is 5.92 Å². The summed E-state index contributed by atoms with van der Waals surface area (Å²) < 4.78 is 0. The van der Waals surface area contributed by atoms with Gasteiger partial charge >= 0.3 is 6.03 Å². The highest BCUT2D eigenvalue weighted by Crippen LogP contribution is 2.30. The highest BCUT2D eigenvalue weighted by Gasteiger charge is 2.28. The van der Waals surface area contributed by atoms with Crippen molar-refractivity contribution in [3.8, 4) is 0 Å². The van der Waals surface area contributed by atoms with Gasteiger partial charge in [-0.2, -0.15) is 0 Å². The smallest absolute Gasteiger partial charge is 0.320 e. The van der Waals surface area contributed by atoms with Gasteiger partial charge in [0, 0.05) is 39.3 Å². The Hall–Kier alpha value is -0.770. The van der Waals surface area contributed by atoms with E-state index in [2.05, 4.69) is 17.1 Å². The molecule has 0 aromatic carbocycles. The third kappa shape index (κ3) is 3.11. The molecule has 0 bridgehead atoms. The van der Waals surface area contributed by atoms with Crippen LogP contribution in [-0.2, 0) is 0 Å². The fourth-order valence-corrected chi connectivity index (χ4v) is 2.20. The minimum absolute atomic E-state index is 0.259. The van der Waals surface area contributed by atoms with Gasteiger partial charge < -0.3 is 15.1 Å². The molecule has 2 aliphatic rings. The molecular formula is C12H23N3O. The quantitative estimate of drug-likeness (QED) is 0.778. The van der Waals surface area contributed by atoms with E-state index in [1.54, 1.807) is 0 Å². The number of hydrogen-bond acceptors (Lipinski definition) is 2. The Morgan fingerprint density at radius 1 is 1.38 bits per heavy atom. The lowest BCUT2D eigenvalue weighted by Crippen LogP contribution is -2.52. The van der Waals surface area contributed by atoms with Crippen LogP contribution in [0.3, 0.4) is 0 Å². The van der Waals surface area contributed by atoms with Crippen molar-refractivity contribution in [2.75, 3.05) is 39.3 Å². The van der Waals surface area contributed by atoms with E-state index in [1.807, 2.05) is 4.90 Å². The van der Waals surface area contributed by atoms with Crippen molar-refractivity contribution in [2.45, 2.75) is 26.2 Å². The van der Waals surface area contributed by atoms with Crippen molar-refractivity contribution in [1.29, 1.82) is 0 Å². The summed E-state index contributed by atoms with van der Waals surface area (Å²) in [5.74, 6) is 0.790. The Labute approximate surface area is 98.0 Å². The molecule has 0 atom stereocenters. The maximum atomic E-state index is 12.3. The monoisotopic (exact) mass is 225 g/mol. The molecular weight excluding hydrogens is 202 g/mol.